The minimum atomic E-state index is -1.02. The molecule has 0 bridgehead atoms. The molecule has 0 aliphatic rings. The lowest BCUT2D eigenvalue weighted by atomic mass is 10.4. The first-order valence-electron chi connectivity index (χ1n) is 3.55. The molecule has 0 unspecified atom stereocenters. The number of nitriles is 1. The van der Waals surface area contributed by atoms with E-state index in [1.54, 1.807) is 6.08 Å². The van der Waals surface area contributed by atoms with Crippen molar-refractivity contribution in [3.8, 4) is 6.07 Å². The van der Waals surface area contributed by atoms with E-state index in [0.29, 0.717) is 12.2 Å². The minimum absolute atomic E-state index is 0.130. The summed E-state index contributed by atoms with van der Waals surface area (Å²) in [5, 5.41) is 16.7. The van der Waals surface area contributed by atoms with Gasteiger partial charge in [0.1, 0.15) is 4.91 Å². The molecule has 0 aromatic carbocycles. The Labute approximate surface area is 80.7 Å². The number of aliphatic carboxylic acids is 1. The van der Waals surface area contributed by atoms with Crippen LogP contribution in [0, 0.1) is 11.3 Å². The third kappa shape index (κ3) is 5.82. The molecule has 0 rings (SSSR count). The van der Waals surface area contributed by atoms with Crippen LogP contribution in [0.4, 0.5) is 0 Å². The molecule has 0 saturated heterocycles. The second kappa shape index (κ2) is 7.25. The second-order valence-corrected chi connectivity index (χ2v) is 3.14. The van der Waals surface area contributed by atoms with E-state index in [-0.39, 0.29) is 4.91 Å². The van der Waals surface area contributed by atoms with Crippen molar-refractivity contribution in [1.82, 2.24) is 0 Å². The summed E-state index contributed by atoms with van der Waals surface area (Å²) >= 11 is 1.16. The van der Waals surface area contributed by atoms with Gasteiger partial charge in [-0.05, 0) is 6.42 Å². The van der Waals surface area contributed by atoms with Crippen LogP contribution in [-0.4, -0.2) is 16.8 Å². The van der Waals surface area contributed by atoms with E-state index >= 15 is 0 Å². The van der Waals surface area contributed by atoms with Gasteiger partial charge in [-0.1, -0.05) is 6.08 Å². The first-order chi connectivity index (χ1) is 6.22. The van der Waals surface area contributed by atoms with Crippen LogP contribution in [0.3, 0.4) is 0 Å². The Hall–Kier alpha value is -1.41. The summed E-state index contributed by atoms with van der Waals surface area (Å²) in [5.74, 6) is -0.412. The maximum Gasteiger partial charge on any atom is 0.343 e. The Morgan fingerprint density at radius 2 is 2.38 bits per heavy atom. The molecule has 0 fully saturated rings. The summed E-state index contributed by atoms with van der Waals surface area (Å²) in [6, 6.07) is 1.85. The van der Waals surface area contributed by atoms with Crippen molar-refractivity contribution < 1.29 is 9.90 Å². The van der Waals surface area contributed by atoms with E-state index in [1.807, 2.05) is 6.07 Å². The molecule has 0 amide bonds. The Balaban J connectivity index is 3.71. The molecule has 4 nitrogen and oxygen atoms in total. The molecule has 3 N–H and O–H groups in total. The molecule has 0 aromatic rings. The van der Waals surface area contributed by atoms with Crippen LogP contribution in [-0.2, 0) is 4.79 Å². The maximum absolute atomic E-state index is 10.4. The third-order valence-corrected chi connectivity index (χ3v) is 2.16. The number of nitrogens with two attached hydrogens (primary N) is 1. The number of thioether (sulfide) groups is 1. The van der Waals surface area contributed by atoms with E-state index in [4.69, 9.17) is 16.1 Å². The van der Waals surface area contributed by atoms with Gasteiger partial charge in [0.25, 0.3) is 0 Å². The number of hydrogen-bond acceptors (Lipinski definition) is 4. The topological polar surface area (TPSA) is 87.1 Å². The molecular formula is C8H10N2O2S. The fourth-order valence-corrected chi connectivity index (χ4v) is 1.25. The fraction of sp³-hybridized carbons (Fsp3) is 0.250. The number of carbonyl (C=O) groups is 1. The summed E-state index contributed by atoms with van der Waals surface area (Å²) < 4.78 is 0. The Bertz CT molecular complexity index is 266. The standard InChI is InChI=1S/C8H10N2O2S/c9-4-2-1-3-5-13-7(6-10)8(11)12/h1-2,6H,3,5,10H2,(H,11,12)/b2-1+,7-6-. The lowest BCUT2D eigenvalue weighted by Crippen LogP contribution is -2.00. The quantitative estimate of drug-likeness (QED) is 0.392. The number of rotatable bonds is 5. The average molecular weight is 198 g/mol. The lowest BCUT2D eigenvalue weighted by Gasteiger charge is -1.97. The molecule has 0 aromatic heterocycles. The summed E-state index contributed by atoms with van der Waals surface area (Å²) in [6.07, 6.45) is 4.78. The van der Waals surface area contributed by atoms with Gasteiger partial charge >= 0.3 is 5.97 Å². The predicted molar refractivity (Wildman–Crippen MR) is 51.7 cm³/mol. The van der Waals surface area contributed by atoms with Crippen molar-refractivity contribution in [3.63, 3.8) is 0 Å². The van der Waals surface area contributed by atoms with Gasteiger partial charge in [0.05, 0.1) is 6.07 Å². The average Bonchev–Trinajstić information content (AvgIpc) is 2.10. The van der Waals surface area contributed by atoms with Gasteiger partial charge in [-0.2, -0.15) is 5.26 Å². The van der Waals surface area contributed by atoms with E-state index in [0.717, 1.165) is 18.0 Å². The van der Waals surface area contributed by atoms with Crippen LogP contribution in [0.2, 0.25) is 0 Å². The highest BCUT2D eigenvalue weighted by molar-refractivity contribution is 8.03. The second-order valence-electron chi connectivity index (χ2n) is 2.00. The summed E-state index contributed by atoms with van der Waals surface area (Å²) in [4.78, 5) is 10.5. The highest BCUT2D eigenvalue weighted by Gasteiger charge is 2.05. The monoisotopic (exact) mass is 198 g/mol. The normalized spacial score (nSPS) is 11.5. The molecule has 13 heavy (non-hydrogen) atoms. The van der Waals surface area contributed by atoms with Crippen LogP contribution in [0.25, 0.3) is 0 Å². The van der Waals surface area contributed by atoms with E-state index in [9.17, 15) is 4.79 Å². The van der Waals surface area contributed by atoms with Gasteiger partial charge in [0.15, 0.2) is 0 Å². The third-order valence-electron chi connectivity index (χ3n) is 1.10. The highest BCUT2D eigenvalue weighted by atomic mass is 32.2. The highest BCUT2D eigenvalue weighted by Crippen LogP contribution is 2.15. The molecule has 0 aliphatic carbocycles. The van der Waals surface area contributed by atoms with Crippen molar-refractivity contribution in [2.75, 3.05) is 5.75 Å². The smallest absolute Gasteiger partial charge is 0.343 e. The molecule has 5 heteroatoms. The number of allylic oxidation sites excluding steroid dienone is 2. The zero-order chi connectivity index (χ0) is 10.1. The van der Waals surface area contributed by atoms with Gasteiger partial charge in [-0.25, -0.2) is 4.79 Å². The van der Waals surface area contributed by atoms with Crippen molar-refractivity contribution in [2.24, 2.45) is 5.73 Å². The zero-order valence-electron chi connectivity index (χ0n) is 6.93. The van der Waals surface area contributed by atoms with E-state index < -0.39 is 5.97 Å². The summed E-state index contributed by atoms with van der Waals surface area (Å²) in [7, 11) is 0. The zero-order valence-corrected chi connectivity index (χ0v) is 7.75. The van der Waals surface area contributed by atoms with Crippen LogP contribution in [0.1, 0.15) is 6.42 Å². The SMILES string of the molecule is N#C/C=C/CCS/C(=C\N)C(=O)O. The maximum atomic E-state index is 10.4. The van der Waals surface area contributed by atoms with Gasteiger partial charge in [0, 0.05) is 18.0 Å². The number of hydrogen-bond donors (Lipinski definition) is 2. The molecule has 0 atom stereocenters. The first kappa shape index (κ1) is 11.6. The molecule has 0 saturated carbocycles. The predicted octanol–water partition coefficient (Wildman–Crippen LogP) is 1.07. The number of carboxylic acids is 1. The van der Waals surface area contributed by atoms with Crippen molar-refractivity contribution >= 4 is 17.7 Å². The van der Waals surface area contributed by atoms with Gasteiger partial charge in [-0.3, -0.25) is 0 Å². The molecule has 0 heterocycles. The van der Waals surface area contributed by atoms with Crippen LogP contribution >= 0.6 is 11.8 Å². The lowest BCUT2D eigenvalue weighted by molar-refractivity contribution is -0.131. The van der Waals surface area contributed by atoms with Gasteiger partial charge in [0.2, 0.25) is 0 Å². The molecule has 0 aliphatic heterocycles. The van der Waals surface area contributed by atoms with Crippen LogP contribution in [0.15, 0.2) is 23.3 Å². The number of carboxylic acid groups (broad SMARTS) is 1. The first-order valence-corrected chi connectivity index (χ1v) is 4.53. The fourth-order valence-electron chi connectivity index (χ4n) is 0.554. The van der Waals surface area contributed by atoms with Crippen molar-refractivity contribution in [1.29, 1.82) is 5.26 Å². The van der Waals surface area contributed by atoms with E-state index in [1.165, 1.54) is 6.08 Å². The Morgan fingerprint density at radius 3 is 2.85 bits per heavy atom. The van der Waals surface area contributed by atoms with Crippen molar-refractivity contribution in [3.05, 3.63) is 23.3 Å². The van der Waals surface area contributed by atoms with Crippen molar-refractivity contribution in [2.45, 2.75) is 6.42 Å². The van der Waals surface area contributed by atoms with E-state index in [2.05, 4.69) is 0 Å². The molecular weight excluding hydrogens is 188 g/mol. The van der Waals surface area contributed by atoms with Gasteiger partial charge < -0.3 is 10.8 Å². The summed E-state index contributed by atoms with van der Waals surface area (Å²) in [6.45, 7) is 0. The summed E-state index contributed by atoms with van der Waals surface area (Å²) in [5.41, 5.74) is 5.08. The molecule has 70 valence electrons. The van der Waals surface area contributed by atoms with Gasteiger partial charge in [-0.15, -0.1) is 11.8 Å². The largest absolute Gasteiger partial charge is 0.477 e. The number of nitrogens with zero attached hydrogens (tertiary/aromatic N) is 1. The molecule has 0 spiro atoms. The van der Waals surface area contributed by atoms with Crippen LogP contribution in [0.5, 0.6) is 0 Å². The Morgan fingerprint density at radius 1 is 1.69 bits per heavy atom. The van der Waals surface area contributed by atoms with Crippen LogP contribution < -0.4 is 5.73 Å². The minimum Gasteiger partial charge on any atom is -0.477 e. The molecule has 0 radical (unpaired) electrons. The Kier molecular flexibility index (Phi) is 6.46.